The second-order valence-electron chi connectivity index (χ2n) is 11.8. The molecule has 0 N–H and O–H groups in total. The van der Waals surface area contributed by atoms with Gasteiger partial charge in [0.05, 0.1) is 6.04 Å². The van der Waals surface area contributed by atoms with Crippen LogP contribution in [0.2, 0.25) is 0 Å². The van der Waals surface area contributed by atoms with Crippen LogP contribution in [0.5, 0.6) is 0 Å². The number of piperidine rings is 1. The quantitative estimate of drug-likeness (QED) is 0.596. The minimum Gasteiger partial charge on any atom is -0.463 e. The Morgan fingerprint density at radius 1 is 0.967 bits per heavy atom. The van der Waals surface area contributed by atoms with Gasteiger partial charge in [0.2, 0.25) is 0 Å². The summed E-state index contributed by atoms with van der Waals surface area (Å²) in [6.07, 6.45) is 13.2. The molecule has 0 bridgehead atoms. The molecule has 168 valence electrons. The summed E-state index contributed by atoms with van der Waals surface area (Å²) in [7, 11) is 0. The van der Waals surface area contributed by atoms with Gasteiger partial charge in [0.1, 0.15) is 6.10 Å². The molecule has 0 aromatic rings. The van der Waals surface area contributed by atoms with Gasteiger partial charge in [-0.15, -0.1) is 0 Å². The number of fused-ring (bicyclic) bond motifs is 5. The van der Waals surface area contributed by atoms with Crippen LogP contribution in [-0.4, -0.2) is 41.9 Å². The zero-order valence-electron chi connectivity index (χ0n) is 19.3. The van der Waals surface area contributed by atoms with E-state index in [2.05, 4.69) is 18.7 Å². The third kappa shape index (κ3) is 3.19. The summed E-state index contributed by atoms with van der Waals surface area (Å²) in [6, 6.07) is 0.198. The molecule has 4 aliphatic carbocycles. The number of carbonyl (C=O) groups is 2. The van der Waals surface area contributed by atoms with Crippen molar-refractivity contribution in [1.82, 2.24) is 4.90 Å². The summed E-state index contributed by atoms with van der Waals surface area (Å²) in [5.74, 6) is 3.18. The van der Waals surface area contributed by atoms with Gasteiger partial charge in [-0.25, -0.2) is 0 Å². The van der Waals surface area contributed by atoms with Crippen LogP contribution in [-0.2, 0) is 14.3 Å². The van der Waals surface area contributed by atoms with Crippen molar-refractivity contribution in [3.8, 4) is 0 Å². The Balaban J connectivity index is 1.35. The number of esters is 1. The molecule has 5 fully saturated rings. The number of Topliss-reactive ketones (excluding diaryl/α,β-unsaturated/α-hetero) is 1. The molecule has 5 rings (SSSR count). The van der Waals surface area contributed by atoms with Crippen LogP contribution in [0.15, 0.2) is 0 Å². The number of rotatable bonds is 2. The van der Waals surface area contributed by atoms with Crippen LogP contribution in [0.4, 0.5) is 0 Å². The molecule has 0 aromatic carbocycles. The summed E-state index contributed by atoms with van der Waals surface area (Å²) in [5.41, 5.74) is 0.286. The van der Waals surface area contributed by atoms with Gasteiger partial charge in [0.15, 0.2) is 5.78 Å². The fourth-order valence-electron chi connectivity index (χ4n) is 8.89. The maximum Gasteiger partial charge on any atom is 0.302 e. The standard InChI is InChI=1S/C26H41NO3/c1-17(28)30-19-9-11-25(2)18(15-19)7-8-20-21(25)10-12-26(3)22(20)16-23(24(26)29)27-13-5-4-6-14-27/h18-23H,4-16H2,1-3H3/t18-,19-,20+,21-,22-,23-,25-,26-/m0/s1. The number of likely N-dealkylation sites (tertiary alicyclic amines) is 1. The van der Waals surface area contributed by atoms with E-state index in [1.54, 1.807) is 6.92 Å². The van der Waals surface area contributed by atoms with Crippen LogP contribution in [0, 0.1) is 34.5 Å². The first-order valence-electron chi connectivity index (χ1n) is 12.8. The molecule has 30 heavy (non-hydrogen) atoms. The van der Waals surface area contributed by atoms with Gasteiger partial charge in [-0.2, -0.15) is 0 Å². The van der Waals surface area contributed by atoms with Crippen LogP contribution >= 0.6 is 0 Å². The molecule has 0 spiro atoms. The topological polar surface area (TPSA) is 46.6 Å². The third-order valence-electron chi connectivity index (χ3n) is 10.5. The van der Waals surface area contributed by atoms with Crippen molar-refractivity contribution in [1.29, 1.82) is 0 Å². The molecule has 4 heteroatoms. The van der Waals surface area contributed by atoms with Gasteiger partial charge in [-0.05, 0) is 106 Å². The number of carbonyl (C=O) groups excluding carboxylic acids is 2. The first kappa shape index (κ1) is 21.0. The summed E-state index contributed by atoms with van der Waals surface area (Å²) >= 11 is 0. The predicted molar refractivity (Wildman–Crippen MR) is 117 cm³/mol. The highest BCUT2D eigenvalue weighted by Gasteiger charge is 2.63. The van der Waals surface area contributed by atoms with Crippen LogP contribution in [0.1, 0.15) is 91.4 Å². The maximum absolute atomic E-state index is 13.7. The van der Waals surface area contributed by atoms with Crippen molar-refractivity contribution in [2.45, 2.75) is 104 Å². The Labute approximate surface area is 182 Å². The van der Waals surface area contributed by atoms with Crippen molar-refractivity contribution < 1.29 is 14.3 Å². The van der Waals surface area contributed by atoms with Crippen molar-refractivity contribution >= 4 is 11.8 Å². The summed E-state index contributed by atoms with van der Waals surface area (Å²) in [4.78, 5) is 27.7. The highest BCUT2D eigenvalue weighted by Crippen LogP contribution is 2.65. The van der Waals surface area contributed by atoms with Gasteiger partial charge >= 0.3 is 5.97 Å². The molecular weight excluding hydrogens is 374 g/mol. The average Bonchev–Trinajstić information content (AvgIpc) is 3.00. The Hall–Kier alpha value is -0.900. The molecule has 0 amide bonds. The van der Waals surface area contributed by atoms with E-state index >= 15 is 0 Å². The Kier molecular flexibility index (Phi) is 5.31. The van der Waals surface area contributed by atoms with Crippen LogP contribution in [0.3, 0.4) is 0 Å². The number of hydrogen-bond donors (Lipinski definition) is 0. The van der Waals surface area contributed by atoms with Gasteiger partial charge in [-0.1, -0.05) is 20.3 Å². The number of ketones is 1. The number of ether oxygens (including phenoxy) is 1. The van der Waals surface area contributed by atoms with Gasteiger partial charge in [0.25, 0.3) is 0 Å². The fraction of sp³-hybridized carbons (Fsp3) is 0.923. The van der Waals surface area contributed by atoms with E-state index in [0.29, 0.717) is 29.0 Å². The van der Waals surface area contributed by atoms with Gasteiger partial charge < -0.3 is 4.74 Å². The van der Waals surface area contributed by atoms with E-state index in [1.165, 1.54) is 44.9 Å². The first-order valence-corrected chi connectivity index (χ1v) is 12.8. The molecule has 5 aliphatic rings. The molecule has 0 radical (unpaired) electrons. The molecule has 0 unspecified atom stereocenters. The van der Waals surface area contributed by atoms with E-state index in [-0.39, 0.29) is 23.5 Å². The minimum atomic E-state index is -0.126. The van der Waals surface area contributed by atoms with E-state index < -0.39 is 0 Å². The highest BCUT2D eigenvalue weighted by molar-refractivity contribution is 5.92. The molecule has 0 aromatic heterocycles. The summed E-state index contributed by atoms with van der Waals surface area (Å²) in [5, 5.41) is 0. The van der Waals surface area contributed by atoms with Crippen LogP contribution < -0.4 is 0 Å². The van der Waals surface area contributed by atoms with Gasteiger partial charge in [0, 0.05) is 12.3 Å². The lowest BCUT2D eigenvalue weighted by Crippen LogP contribution is -2.54. The fourth-order valence-corrected chi connectivity index (χ4v) is 8.89. The molecule has 1 saturated heterocycles. The second-order valence-corrected chi connectivity index (χ2v) is 11.8. The zero-order chi connectivity index (χ0) is 21.1. The number of nitrogens with zero attached hydrogens (tertiary/aromatic N) is 1. The number of hydrogen-bond acceptors (Lipinski definition) is 4. The molecule has 8 atom stereocenters. The maximum atomic E-state index is 13.7. The first-order chi connectivity index (χ1) is 14.3. The highest BCUT2D eigenvalue weighted by atomic mass is 16.5. The van der Waals surface area contributed by atoms with Crippen molar-refractivity contribution in [2.75, 3.05) is 13.1 Å². The zero-order valence-corrected chi connectivity index (χ0v) is 19.3. The van der Waals surface area contributed by atoms with Crippen molar-refractivity contribution in [2.24, 2.45) is 34.5 Å². The lowest BCUT2D eigenvalue weighted by atomic mass is 9.45. The Morgan fingerprint density at radius 2 is 1.73 bits per heavy atom. The van der Waals surface area contributed by atoms with Crippen molar-refractivity contribution in [3.63, 3.8) is 0 Å². The third-order valence-corrected chi connectivity index (χ3v) is 10.5. The average molecular weight is 416 g/mol. The largest absolute Gasteiger partial charge is 0.463 e. The lowest BCUT2D eigenvalue weighted by Gasteiger charge is -2.60. The molecule has 4 nitrogen and oxygen atoms in total. The molecular formula is C26H41NO3. The van der Waals surface area contributed by atoms with Gasteiger partial charge in [-0.3, -0.25) is 14.5 Å². The van der Waals surface area contributed by atoms with E-state index in [1.807, 2.05) is 0 Å². The molecule has 4 saturated carbocycles. The predicted octanol–water partition coefficient (Wildman–Crippen LogP) is 4.99. The van der Waals surface area contributed by atoms with Crippen molar-refractivity contribution in [3.05, 3.63) is 0 Å². The lowest BCUT2D eigenvalue weighted by molar-refractivity contribution is -0.160. The van der Waals surface area contributed by atoms with E-state index in [4.69, 9.17) is 4.74 Å². The SMILES string of the molecule is CC(=O)O[C@H]1CC[C@@]2(C)[C@@H](CC[C@@H]3[C@@H]2CC[C@]2(C)C(=O)[C@@H](N4CCCCC4)C[C@@H]32)C1. The Morgan fingerprint density at radius 3 is 2.47 bits per heavy atom. The normalized spacial score (nSPS) is 49.1. The smallest absolute Gasteiger partial charge is 0.302 e. The second kappa shape index (κ2) is 7.60. The molecule has 1 aliphatic heterocycles. The monoisotopic (exact) mass is 415 g/mol. The molecule has 1 heterocycles. The minimum absolute atomic E-state index is 0.0819. The van der Waals surface area contributed by atoms with E-state index in [0.717, 1.165) is 44.7 Å². The van der Waals surface area contributed by atoms with E-state index in [9.17, 15) is 9.59 Å². The summed E-state index contributed by atoms with van der Waals surface area (Å²) in [6.45, 7) is 8.67. The summed E-state index contributed by atoms with van der Waals surface area (Å²) < 4.78 is 5.61. The van der Waals surface area contributed by atoms with Crippen LogP contribution in [0.25, 0.3) is 0 Å². The Bertz CT molecular complexity index is 700.